The molecule has 21 heavy (non-hydrogen) atoms. The molecule has 0 fully saturated rings. The molecule has 0 bridgehead atoms. The maximum Gasteiger partial charge on any atom is 0.220 e. The molecule has 4 nitrogen and oxygen atoms in total. The summed E-state index contributed by atoms with van der Waals surface area (Å²) in [6.45, 7) is 1.71. The number of carbonyl (C=O) groups excluding carboxylic acids is 1. The van der Waals surface area contributed by atoms with Crippen LogP contribution in [0.5, 0.6) is 0 Å². The Labute approximate surface area is 128 Å². The molecule has 0 saturated heterocycles. The van der Waals surface area contributed by atoms with E-state index in [-0.39, 0.29) is 12.5 Å². The second-order valence-electron chi connectivity index (χ2n) is 5.16. The Morgan fingerprint density at radius 2 is 2.19 bits per heavy atom. The molecule has 0 aliphatic carbocycles. The minimum Gasteiger partial charge on any atom is -0.466 e. The number of hydrogen-bond donors (Lipinski definition) is 2. The molecule has 1 unspecified atom stereocenters. The monoisotopic (exact) mass is 307 g/mol. The van der Waals surface area contributed by atoms with Crippen molar-refractivity contribution in [1.82, 2.24) is 5.32 Å². The molecule has 1 aromatic carbocycles. The Morgan fingerprint density at radius 3 is 2.86 bits per heavy atom. The van der Waals surface area contributed by atoms with E-state index in [9.17, 15) is 9.90 Å². The zero-order valence-corrected chi connectivity index (χ0v) is 12.6. The minimum absolute atomic E-state index is 0.106. The van der Waals surface area contributed by atoms with Crippen LogP contribution in [0.2, 0.25) is 5.02 Å². The first-order chi connectivity index (χ1) is 9.97. The van der Waals surface area contributed by atoms with Gasteiger partial charge in [0.25, 0.3) is 0 Å². The van der Waals surface area contributed by atoms with Crippen LogP contribution in [0, 0.1) is 0 Å². The fourth-order valence-corrected chi connectivity index (χ4v) is 2.19. The van der Waals surface area contributed by atoms with Crippen molar-refractivity contribution in [3.05, 3.63) is 59.0 Å². The highest BCUT2D eigenvalue weighted by molar-refractivity contribution is 6.30. The Morgan fingerprint density at radius 1 is 1.38 bits per heavy atom. The van der Waals surface area contributed by atoms with Crippen molar-refractivity contribution in [3.8, 4) is 0 Å². The van der Waals surface area contributed by atoms with E-state index in [1.54, 1.807) is 25.1 Å². The maximum absolute atomic E-state index is 11.8. The number of aliphatic hydroxyl groups is 1. The molecule has 1 heterocycles. The smallest absolute Gasteiger partial charge is 0.220 e. The van der Waals surface area contributed by atoms with E-state index in [0.717, 1.165) is 5.56 Å². The Hall–Kier alpha value is -1.78. The van der Waals surface area contributed by atoms with E-state index in [1.807, 2.05) is 18.2 Å². The Bertz CT molecular complexity index is 593. The Kier molecular flexibility index (Phi) is 5.04. The van der Waals surface area contributed by atoms with Gasteiger partial charge in [0.1, 0.15) is 11.4 Å². The van der Waals surface area contributed by atoms with Gasteiger partial charge in [0, 0.05) is 11.4 Å². The highest BCUT2D eigenvalue weighted by Gasteiger charge is 2.26. The van der Waals surface area contributed by atoms with Crippen LogP contribution in [0.1, 0.15) is 24.7 Å². The van der Waals surface area contributed by atoms with Crippen molar-refractivity contribution in [2.45, 2.75) is 25.4 Å². The third-order valence-electron chi connectivity index (χ3n) is 3.21. The number of hydrogen-bond acceptors (Lipinski definition) is 3. The molecule has 0 radical (unpaired) electrons. The molecule has 1 atom stereocenters. The van der Waals surface area contributed by atoms with Gasteiger partial charge in [0.15, 0.2) is 0 Å². The number of halogens is 1. The zero-order chi connectivity index (χ0) is 15.3. The van der Waals surface area contributed by atoms with Crippen LogP contribution in [0.3, 0.4) is 0 Å². The molecule has 0 spiro atoms. The fraction of sp³-hybridized carbons (Fsp3) is 0.312. The zero-order valence-electron chi connectivity index (χ0n) is 11.8. The lowest BCUT2D eigenvalue weighted by molar-refractivity contribution is -0.122. The topological polar surface area (TPSA) is 62.5 Å². The van der Waals surface area contributed by atoms with Gasteiger partial charge in [-0.3, -0.25) is 4.79 Å². The first-order valence-electron chi connectivity index (χ1n) is 6.75. The van der Waals surface area contributed by atoms with E-state index < -0.39 is 5.60 Å². The van der Waals surface area contributed by atoms with Crippen molar-refractivity contribution in [2.75, 3.05) is 6.54 Å². The van der Waals surface area contributed by atoms with Crippen LogP contribution < -0.4 is 5.32 Å². The van der Waals surface area contributed by atoms with E-state index in [2.05, 4.69) is 5.32 Å². The van der Waals surface area contributed by atoms with E-state index >= 15 is 0 Å². The lowest BCUT2D eigenvalue weighted by Gasteiger charge is -2.21. The van der Waals surface area contributed by atoms with Gasteiger partial charge in [0.05, 0.1) is 12.8 Å². The largest absolute Gasteiger partial charge is 0.466 e. The van der Waals surface area contributed by atoms with Crippen molar-refractivity contribution >= 4 is 17.5 Å². The molecular weight excluding hydrogens is 290 g/mol. The summed E-state index contributed by atoms with van der Waals surface area (Å²) in [6, 6.07) is 10.8. The predicted octanol–water partition coefficient (Wildman–Crippen LogP) is 2.89. The summed E-state index contributed by atoms with van der Waals surface area (Å²) in [4.78, 5) is 11.8. The number of aryl methyl sites for hydroxylation is 1. The first-order valence-corrected chi connectivity index (χ1v) is 7.13. The van der Waals surface area contributed by atoms with Crippen molar-refractivity contribution in [1.29, 1.82) is 0 Å². The number of amides is 1. The van der Waals surface area contributed by atoms with E-state index in [1.165, 1.54) is 6.26 Å². The maximum atomic E-state index is 11.8. The molecule has 0 saturated carbocycles. The highest BCUT2D eigenvalue weighted by atomic mass is 35.5. The molecule has 2 N–H and O–H groups in total. The third-order valence-corrected chi connectivity index (χ3v) is 3.45. The number of carbonyl (C=O) groups is 1. The molecule has 5 heteroatoms. The first kappa shape index (κ1) is 15.6. The van der Waals surface area contributed by atoms with Crippen molar-refractivity contribution in [3.63, 3.8) is 0 Å². The normalized spacial score (nSPS) is 13.7. The minimum atomic E-state index is -1.21. The summed E-state index contributed by atoms with van der Waals surface area (Å²) in [7, 11) is 0. The molecule has 0 aliphatic rings. The number of rotatable bonds is 6. The third kappa shape index (κ3) is 4.62. The van der Waals surface area contributed by atoms with Crippen LogP contribution in [0.25, 0.3) is 0 Å². The molecule has 1 amide bonds. The van der Waals surface area contributed by atoms with Crippen LogP contribution in [0.4, 0.5) is 0 Å². The Balaban J connectivity index is 1.80. The van der Waals surface area contributed by atoms with Gasteiger partial charge in [0.2, 0.25) is 5.91 Å². The summed E-state index contributed by atoms with van der Waals surface area (Å²) in [5.41, 5.74) is -0.203. The summed E-state index contributed by atoms with van der Waals surface area (Å²) in [5, 5.41) is 13.6. The highest BCUT2D eigenvalue weighted by Crippen LogP contribution is 2.19. The van der Waals surface area contributed by atoms with Gasteiger partial charge in [-0.25, -0.2) is 0 Å². The van der Waals surface area contributed by atoms with E-state index in [4.69, 9.17) is 16.0 Å². The average molecular weight is 308 g/mol. The summed E-state index contributed by atoms with van der Waals surface area (Å²) in [5.74, 6) is 0.305. The van der Waals surface area contributed by atoms with E-state index in [0.29, 0.717) is 23.6 Å². The summed E-state index contributed by atoms with van der Waals surface area (Å²) < 4.78 is 5.16. The van der Waals surface area contributed by atoms with Gasteiger partial charge in [-0.1, -0.05) is 23.7 Å². The second kappa shape index (κ2) is 6.78. The van der Waals surface area contributed by atoms with Crippen molar-refractivity contribution < 1.29 is 14.3 Å². The van der Waals surface area contributed by atoms with Gasteiger partial charge in [-0.05, 0) is 43.2 Å². The number of nitrogens with one attached hydrogen (secondary N) is 1. The van der Waals surface area contributed by atoms with Crippen LogP contribution in [-0.4, -0.2) is 17.6 Å². The molecule has 2 aromatic rings. The average Bonchev–Trinajstić information content (AvgIpc) is 2.98. The van der Waals surface area contributed by atoms with Crippen LogP contribution in [0.15, 0.2) is 47.1 Å². The quantitative estimate of drug-likeness (QED) is 0.862. The van der Waals surface area contributed by atoms with Gasteiger partial charge >= 0.3 is 0 Å². The second-order valence-corrected chi connectivity index (χ2v) is 5.59. The molecule has 112 valence electrons. The van der Waals surface area contributed by atoms with Crippen LogP contribution in [-0.2, 0) is 16.8 Å². The standard InChI is InChI=1S/C16H18ClNO3/c1-16(20,14-6-3-9-21-14)11-18-15(19)8-7-12-4-2-5-13(17)10-12/h2-6,9-10,20H,7-8,11H2,1H3,(H,18,19). The number of benzene rings is 1. The van der Waals surface area contributed by atoms with Gasteiger partial charge in [-0.2, -0.15) is 0 Å². The van der Waals surface area contributed by atoms with Gasteiger partial charge < -0.3 is 14.8 Å². The number of furan rings is 1. The molecular formula is C16H18ClNO3. The summed E-state index contributed by atoms with van der Waals surface area (Å²) >= 11 is 5.89. The van der Waals surface area contributed by atoms with Crippen molar-refractivity contribution in [2.24, 2.45) is 0 Å². The molecule has 2 rings (SSSR count). The molecule has 0 aliphatic heterocycles. The lowest BCUT2D eigenvalue weighted by Crippen LogP contribution is -2.38. The summed E-state index contributed by atoms with van der Waals surface area (Å²) in [6.07, 6.45) is 2.44. The SMILES string of the molecule is CC(O)(CNC(=O)CCc1cccc(Cl)c1)c1ccco1. The predicted molar refractivity (Wildman–Crippen MR) is 81.1 cm³/mol. The van der Waals surface area contributed by atoms with Crippen LogP contribution >= 0.6 is 11.6 Å². The fourth-order valence-electron chi connectivity index (χ4n) is 1.98. The van der Waals surface area contributed by atoms with Gasteiger partial charge in [-0.15, -0.1) is 0 Å². The molecule has 1 aromatic heterocycles. The lowest BCUT2D eigenvalue weighted by atomic mass is 10.0.